The number of methoxy groups -OCH3 is 1. The van der Waals surface area contributed by atoms with Crippen LogP contribution in [-0.2, 0) is 17.8 Å². The topological polar surface area (TPSA) is 42.3 Å². The first-order valence-corrected chi connectivity index (χ1v) is 6.70. The molecular formula is C13H24N4O. The molecule has 0 atom stereocenters. The zero-order valence-electron chi connectivity index (χ0n) is 11.4. The molecule has 1 fully saturated rings. The van der Waals surface area contributed by atoms with Gasteiger partial charge in [-0.25, -0.2) is 4.98 Å². The molecule has 0 amide bonds. The fraction of sp³-hybridized carbons (Fsp3) is 0.769. The van der Waals surface area contributed by atoms with Gasteiger partial charge in [-0.2, -0.15) is 0 Å². The first-order valence-electron chi connectivity index (χ1n) is 6.70. The number of imidazole rings is 1. The number of nitrogens with zero attached hydrogens (tertiary/aromatic N) is 3. The van der Waals surface area contributed by atoms with E-state index in [1.165, 1.54) is 12.8 Å². The highest BCUT2D eigenvalue weighted by Crippen LogP contribution is 2.24. The molecule has 5 heteroatoms. The third-order valence-electron chi connectivity index (χ3n) is 3.36. The molecule has 1 saturated carbocycles. The number of ether oxygens (including phenoxy) is 1. The highest BCUT2D eigenvalue weighted by Gasteiger charge is 2.25. The Labute approximate surface area is 109 Å². The summed E-state index contributed by atoms with van der Waals surface area (Å²) in [6, 6.07) is 0.837. The smallest absolute Gasteiger partial charge is 0.0950 e. The molecule has 102 valence electrons. The number of hydrogen-bond acceptors (Lipinski definition) is 4. The van der Waals surface area contributed by atoms with Crippen LogP contribution in [0.5, 0.6) is 0 Å². The summed E-state index contributed by atoms with van der Waals surface area (Å²) in [6.45, 7) is 4.56. The van der Waals surface area contributed by atoms with Crippen LogP contribution in [0.3, 0.4) is 0 Å². The Kier molecular flexibility index (Phi) is 5.16. The molecule has 0 bridgehead atoms. The van der Waals surface area contributed by atoms with E-state index in [0.717, 1.165) is 44.5 Å². The quantitative estimate of drug-likeness (QED) is 0.657. The van der Waals surface area contributed by atoms with Crippen LogP contribution in [0, 0.1) is 0 Å². The maximum absolute atomic E-state index is 4.98. The Balaban J connectivity index is 1.65. The van der Waals surface area contributed by atoms with Crippen molar-refractivity contribution >= 4 is 0 Å². The van der Waals surface area contributed by atoms with Gasteiger partial charge in [0.2, 0.25) is 0 Å². The number of aromatic nitrogens is 2. The molecule has 1 aromatic rings. The number of likely N-dealkylation sites (N-methyl/N-ethyl adjacent to an activating group) is 1. The highest BCUT2D eigenvalue weighted by atomic mass is 16.5. The van der Waals surface area contributed by atoms with Crippen molar-refractivity contribution in [3.8, 4) is 0 Å². The fourth-order valence-electron chi connectivity index (χ4n) is 1.98. The van der Waals surface area contributed by atoms with Gasteiger partial charge >= 0.3 is 0 Å². The first kappa shape index (κ1) is 13.5. The van der Waals surface area contributed by atoms with Crippen LogP contribution < -0.4 is 5.32 Å². The van der Waals surface area contributed by atoms with Crippen molar-refractivity contribution in [1.29, 1.82) is 0 Å². The van der Waals surface area contributed by atoms with E-state index < -0.39 is 0 Å². The van der Waals surface area contributed by atoms with E-state index in [2.05, 4.69) is 33.0 Å². The minimum atomic E-state index is 0.743. The van der Waals surface area contributed by atoms with Crippen molar-refractivity contribution in [3.05, 3.63) is 18.2 Å². The lowest BCUT2D eigenvalue weighted by Crippen LogP contribution is -2.24. The fourth-order valence-corrected chi connectivity index (χ4v) is 1.98. The molecule has 18 heavy (non-hydrogen) atoms. The van der Waals surface area contributed by atoms with Crippen molar-refractivity contribution < 1.29 is 4.74 Å². The molecule has 0 spiro atoms. The lowest BCUT2D eigenvalue weighted by Gasteiger charge is -2.15. The lowest BCUT2D eigenvalue weighted by atomic mass is 10.4. The number of nitrogens with one attached hydrogen (secondary N) is 1. The standard InChI is InChI=1S/C13H24N4O/c1-16(13-3-4-13)6-7-17-10-12(15-11-17)9-14-5-8-18-2/h10-11,13-14H,3-9H2,1-2H3. The molecule has 0 radical (unpaired) electrons. The van der Waals surface area contributed by atoms with Crippen LogP contribution in [0.2, 0.25) is 0 Å². The maximum Gasteiger partial charge on any atom is 0.0950 e. The predicted octanol–water partition coefficient (Wildman–Crippen LogP) is 0.713. The van der Waals surface area contributed by atoms with Gasteiger partial charge in [0, 0.05) is 45.5 Å². The largest absolute Gasteiger partial charge is 0.383 e. The van der Waals surface area contributed by atoms with Crippen molar-refractivity contribution in [2.45, 2.75) is 32.0 Å². The molecule has 2 rings (SSSR count). The Morgan fingerprint density at radius 3 is 3.11 bits per heavy atom. The minimum Gasteiger partial charge on any atom is -0.383 e. The minimum absolute atomic E-state index is 0.743. The van der Waals surface area contributed by atoms with Gasteiger partial charge in [-0.15, -0.1) is 0 Å². The second-order valence-corrected chi connectivity index (χ2v) is 4.98. The second-order valence-electron chi connectivity index (χ2n) is 4.98. The van der Waals surface area contributed by atoms with E-state index in [1.54, 1.807) is 7.11 Å². The third-order valence-corrected chi connectivity index (χ3v) is 3.36. The van der Waals surface area contributed by atoms with E-state index in [-0.39, 0.29) is 0 Å². The maximum atomic E-state index is 4.98. The molecule has 1 aromatic heterocycles. The van der Waals surface area contributed by atoms with Crippen LogP contribution in [0.1, 0.15) is 18.5 Å². The summed E-state index contributed by atoms with van der Waals surface area (Å²) >= 11 is 0. The van der Waals surface area contributed by atoms with E-state index in [4.69, 9.17) is 4.74 Å². The van der Waals surface area contributed by atoms with Crippen molar-refractivity contribution in [2.75, 3.05) is 33.9 Å². The van der Waals surface area contributed by atoms with Crippen LogP contribution in [0.4, 0.5) is 0 Å². The lowest BCUT2D eigenvalue weighted by molar-refractivity contribution is 0.199. The molecule has 1 aliphatic carbocycles. The highest BCUT2D eigenvalue weighted by molar-refractivity contribution is 4.96. The van der Waals surface area contributed by atoms with E-state index >= 15 is 0 Å². The van der Waals surface area contributed by atoms with Gasteiger partial charge < -0.3 is 19.5 Å². The van der Waals surface area contributed by atoms with E-state index in [9.17, 15) is 0 Å². The van der Waals surface area contributed by atoms with Gasteiger partial charge in [-0.1, -0.05) is 0 Å². The Bertz CT molecular complexity index is 349. The summed E-state index contributed by atoms with van der Waals surface area (Å²) in [7, 11) is 3.93. The summed E-state index contributed by atoms with van der Waals surface area (Å²) in [6.07, 6.45) is 6.79. The monoisotopic (exact) mass is 252 g/mol. The summed E-state index contributed by atoms with van der Waals surface area (Å²) in [5, 5.41) is 3.30. The molecule has 1 N–H and O–H groups in total. The SMILES string of the molecule is COCCNCc1cn(CCN(C)C2CC2)cn1. The Hall–Kier alpha value is -0.910. The summed E-state index contributed by atoms with van der Waals surface area (Å²) < 4.78 is 7.16. The number of rotatable bonds is 9. The summed E-state index contributed by atoms with van der Waals surface area (Å²) in [5.41, 5.74) is 1.10. The average Bonchev–Trinajstić information content (AvgIpc) is 3.13. The van der Waals surface area contributed by atoms with Gasteiger partial charge in [0.25, 0.3) is 0 Å². The number of hydrogen-bond donors (Lipinski definition) is 1. The molecule has 0 saturated heterocycles. The van der Waals surface area contributed by atoms with Crippen molar-refractivity contribution in [1.82, 2.24) is 19.8 Å². The van der Waals surface area contributed by atoms with Crippen LogP contribution in [0.15, 0.2) is 12.5 Å². The van der Waals surface area contributed by atoms with Crippen LogP contribution in [0.25, 0.3) is 0 Å². The Morgan fingerprint density at radius 1 is 1.56 bits per heavy atom. The van der Waals surface area contributed by atoms with E-state index in [1.807, 2.05) is 6.33 Å². The zero-order valence-corrected chi connectivity index (χ0v) is 11.4. The van der Waals surface area contributed by atoms with Gasteiger partial charge in [-0.05, 0) is 19.9 Å². The molecule has 0 aliphatic heterocycles. The van der Waals surface area contributed by atoms with Crippen LogP contribution >= 0.6 is 0 Å². The molecule has 1 aliphatic rings. The van der Waals surface area contributed by atoms with Crippen LogP contribution in [-0.4, -0.2) is 54.3 Å². The van der Waals surface area contributed by atoms with Gasteiger partial charge in [0.05, 0.1) is 18.6 Å². The average molecular weight is 252 g/mol. The van der Waals surface area contributed by atoms with Gasteiger partial charge in [-0.3, -0.25) is 0 Å². The zero-order chi connectivity index (χ0) is 12.8. The third kappa shape index (κ3) is 4.40. The normalized spacial score (nSPS) is 15.5. The molecule has 5 nitrogen and oxygen atoms in total. The summed E-state index contributed by atoms with van der Waals surface area (Å²) in [5.74, 6) is 0. The van der Waals surface area contributed by atoms with Crippen molar-refractivity contribution in [2.24, 2.45) is 0 Å². The predicted molar refractivity (Wildman–Crippen MR) is 71.5 cm³/mol. The van der Waals surface area contributed by atoms with E-state index in [0.29, 0.717) is 0 Å². The molecule has 0 aromatic carbocycles. The molecule has 0 unspecified atom stereocenters. The molecule has 1 heterocycles. The summed E-state index contributed by atoms with van der Waals surface area (Å²) in [4.78, 5) is 6.83. The van der Waals surface area contributed by atoms with Gasteiger partial charge in [0.15, 0.2) is 0 Å². The van der Waals surface area contributed by atoms with Gasteiger partial charge in [0.1, 0.15) is 0 Å². The van der Waals surface area contributed by atoms with Crippen molar-refractivity contribution in [3.63, 3.8) is 0 Å². The Morgan fingerprint density at radius 2 is 2.39 bits per heavy atom. The molecular weight excluding hydrogens is 228 g/mol. The second kappa shape index (κ2) is 6.87. The first-order chi connectivity index (χ1) is 8.79.